The van der Waals surface area contributed by atoms with Gasteiger partial charge in [0.05, 0.1) is 26.3 Å². The number of ether oxygens (including phenoxy) is 2. The van der Waals surface area contributed by atoms with E-state index in [-0.39, 0.29) is 12.3 Å². The number of nitrogens with zero attached hydrogens (tertiary/aromatic N) is 3. The molecule has 0 aliphatic heterocycles. The van der Waals surface area contributed by atoms with Crippen LogP contribution < -0.4 is 14.4 Å². The lowest BCUT2D eigenvalue weighted by atomic mass is 10.1. The minimum absolute atomic E-state index is 0.0725. The number of aromatic nitrogens is 1. The number of amides is 1. The van der Waals surface area contributed by atoms with Gasteiger partial charge in [-0.1, -0.05) is 12.1 Å². The normalized spacial score (nSPS) is 10.6. The van der Waals surface area contributed by atoms with Gasteiger partial charge in [0.2, 0.25) is 5.91 Å². The Hall–Kier alpha value is -3.06. The monoisotopic (exact) mass is 439 g/mol. The summed E-state index contributed by atoms with van der Waals surface area (Å²) in [5.74, 6) is 1.41. The van der Waals surface area contributed by atoms with Crippen molar-refractivity contribution in [1.29, 1.82) is 0 Å². The molecule has 1 aromatic heterocycles. The molecule has 31 heavy (non-hydrogen) atoms. The van der Waals surface area contributed by atoms with E-state index in [0.29, 0.717) is 24.6 Å². The van der Waals surface area contributed by atoms with Gasteiger partial charge >= 0.3 is 0 Å². The number of anilines is 1. The van der Waals surface area contributed by atoms with Crippen LogP contribution >= 0.6 is 11.3 Å². The van der Waals surface area contributed by atoms with Crippen LogP contribution in [0.5, 0.6) is 11.5 Å². The molecule has 0 spiro atoms. The molecule has 0 aliphatic carbocycles. The van der Waals surface area contributed by atoms with E-state index in [1.165, 1.54) is 11.3 Å². The van der Waals surface area contributed by atoms with Crippen molar-refractivity contribution in [2.24, 2.45) is 0 Å². The molecule has 0 radical (unpaired) electrons. The van der Waals surface area contributed by atoms with Crippen LogP contribution in [0.4, 0.5) is 5.69 Å². The average molecular weight is 440 g/mol. The van der Waals surface area contributed by atoms with Crippen LogP contribution in [-0.2, 0) is 17.8 Å². The number of likely N-dealkylation sites (N-methyl/N-ethyl adjacent to an activating group) is 1. The first-order valence-electron chi connectivity index (χ1n) is 10.2. The molecular weight excluding hydrogens is 410 g/mol. The second-order valence-electron chi connectivity index (χ2n) is 7.36. The second-order valence-corrected chi connectivity index (χ2v) is 8.22. The summed E-state index contributed by atoms with van der Waals surface area (Å²) in [4.78, 5) is 21.5. The number of methoxy groups -OCH3 is 2. The molecule has 6 nitrogen and oxygen atoms in total. The van der Waals surface area contributed by atoms with Gasteiger partial charge in [0.1, 0.15) is 5.01 Å². The zero-order chi connectivity index (χ0) is 22.4. The highest BCUT2D eigenvalue weighted by atomic mass is 32.1. The maximum absolute atomic E-state index is 12.9. The fraction of sp³-hybridized carbons (Fsp3) is 0.333. The van der Waals surface area contributed by atoms with Crippen molar-refractivity contribution in [3.05, 3.63) is 59.1 Å². The Morgan fingerprint density at radius 3 is 2.35 bits per heavy atom. The van der Waals surface area contributed by atoms with Crippen molar-refractivity contribution in [2.45, 2.75) is 19.9 Å². The number of hydrogen-bond acceptors (Lipinski definition) is 6. The summed E-state index contributed by atoms with van der Waals surface area (Å²) >= 11 is 1.52. The largest absolute Gasteiger partial charge is 0.493 e. The molecule has 0 aliphatic rings. The van der Waals surface area contributed by atoms with Gasteiger partial charge in [-0.15, -0.1) is 11.3 Å². The Morgan fingerprint density at radius 1 is 1.03 bits per heavy atom. The maximum atomic E-state index is 12.9. The molecule has 0 saturated carbocycles. The van der Waals surface area contributed by atoms with Crippen molar-refractivity contribution in [3.63, 3.8) is 0 Å². The van der Waals surface area contributed by atoms with Gasteiger partial charge < -0.3 is 19.3 Å². The zero-order valence-electron chi connectivity index (χ0n) is 18.7. The molecule has 0 unspecified atom stereocenters. The van der Waals surface area contributed by atoms with Crippen molar-refractivity contribution in [1.82, 2.24) is 9.88 Å². The third-order valence-electron chi connectivity index (χ3n) is 5.08. The van der Waals surface area contributed by atoms with Crippen molar-refractivity contribution in [3.8, 4) is 22.1 Å². The highest BCUT2D eigenvalue weighted by Crippen LogP contribution is 2.33. The predicted octanol–water partition coefficient (Wildman–Crippen LogP) is 4.48. The molecule has 1 heterocycles. The standard InChI is InChI=1S/C24H29N3O3S/c1-6-27(15-17-7-10-20(11-8-17)26(2)3)23(28)14-19-16-31-24(25-19)18-9-12-21(29-4)22(13-18)30-5/h7-13,16H,6,14-15H2,1-5H3. The molecule has 0 fully saturated rings. The van der Waals surface area contributed by atoms with Crippen LogP contribution in [-0.4, -0.2) is 50.7 Å². The lowest BCUT2D eigenvalue weighted by Crippen LogP contribution is -2.31. The predicted molar refractivity (Wildman–Crippen MR) is 126 cm³/mol. The van der Waals surface area contributed by atoms with E-state index in [2.05, 4.69) is 34.1 Å². The van der Waals surface area contributed by atoms with Gasteiger partial charge in [-0.2, -0.15) is 0 Å². The Bertz CT molecular complexity index is 1020. The summed E-state index contributed by atoms with van der Waals surface area (Å²) in [5.41, 5.74) is 3.98. The molecule has 164 valence electrons. The molecular formula is C24H29N3O3S. The number of carbonyl (C=O) groups excluding carboxylic acids is 1. The molecule has 0 atom stereocenters. The summed E-state index contributed by atoms with van der Waals surface area (Å²) in [5, 5.41) is 2.80. The molecule has 0 saturated heterocycles. The topological polar surface area (TPSA) is 54.9 Å². The highest BCUT2D eigenvalue weighted by molar-refractivity contribution is 7.13. The Labute approximate surface area is 188 Å². The number of hydrogen-bond donors (Lipinski definition) is 0. The van der Waals surface area contributed by atoms with E-state index in [0.717, 1.165) is 27.5 Å². The van der Waals surface area contributed by atoms with E-state index >= 15 is 0 Å². The van der Waals surface area contributed by atoms with Gasteiger partial charge in [-0.05, 0) is 42.8 Å². The van der Waals surface area contributed by atoms with Crippen LogP contribution in [0.1, 0.15) is 18.2 Å². The number of benzene rings is 2. The molecule has 7 heteroatoms. The van der Waals surface area contributed by atoms with Crippen LogP contribution in [0.3, 0.4) is 0 Å². The first-order valence-corrected chi connectivity index (χ1v) is 11.0. The fourth-order valence-electron chi connectivity index (χ4n) is 3.25. The van der Waals surface area contributed by atoms with E-state index in [1.807, 2.05) is 49.5 Å². The second kappa shape index (κ2) is 10.3. The number of rotatable bonds is 9. The number of carbonyl (C=O) groups is 1. The zero-order valence-corrected chi connectivity index (χ0v) is 19.5. The van der Waals surface area contributed by atoms with Crippen molar-refractivity contribution >= 4 is 22.9 Å². The summed E-state index contributed by atoms with van der Waals surface area (Å²) in [6.45, 7) is 3.25. The van der Waals surface area contributed by atoms with Gasteiger partial charge in [0, 0.05) is 43.8 Å². The van der Waals surface area contributed by atoms with E-state index < -0.39 is 0 Å². The molecule has 3 aromatic rings. The molecule has 0 bridgehead atoms. The van der Waals surface area contributed by atoms with Gasteiger partial charge in [0.25, 0.3) is 0 Å². The smallest absolute Gasteiger partial charge is 0.228 e. The fourth-order valence-corrected chi connectivity index (χ4v) is 4.07. The van der Waals surface area contributed by atoms with E-state index in [4.69, 9.17) is 9.47 Å². The van der Waals surface area contributed by atoms with Crippen molar-refractivity contribution < 1.29 is 14.3 Å². The minimum atomic E-state index is 0.0725. The highest BCUT2D eigenvalue weighted by Gasteiger charge is 2.16. The van der Waals surface area contributed by atoms with Crippen molar-refractivity contribution in [2.75, 3.05) is 39.8 Å². The Balaban J connectivity index is 1.68. The lowest BCUT2D eigenvalue weighted by Gasteiger charge is -2.21. The molecule has 1 amide bonds. The Morgan fingerprint density at radius 2 is 1.74 bits per heavy atom. The third-order valence-corrected chi connectivity index (χ3v) is 6.02. The van der Waals surface area contributed by atoms with E-state index in [9.17, 15) is 4.79 Å². The average Bonchev–Trinajstić information content (AvgIpc) is 3.25. The number of thiazole rings is 1. The van der Waals surface area contributed by atoms with Crippen LogP contribution in [0.2, 0.25) is 0 Å². The van der Waals surface area contributed by atoms with Gasteiger partial charge in [0.15, 0.2) is 11.5 Å². The maximum Gasteiger partial charge on any atom is 0.228 e. The molecule has 3 rings (SSSR count). The SMILES string of the molecule is CCN(Cc1ccc(N(C)C)cc1)C(=O)Cc1csc(-c2ccc(OC)c(OC)c2)n1. The van der Waals surface area contributed by atoms with E-state index in [1.54, 1.807) is 14.2 Å². The molecule has 0 N–H and O–H groups in total. The van der Waals surface area contributed by atoms with Gasteiger partial charge in [-0.25, -0.2) is 4.98 Å². The first kappa shape index (κ1) is 22.6. The summed E-state index contributed by atoms with van der Waals surface area (Å²) in [6.07, 6.45) is 0.285. The van der Waals surface area contributed by atoms with Crippen LogP contribution in [0, 0.1) is 0 Å². The van der Waals surface area contributed by atoms with Crippen LogP contribution in [0.25, 0.3) is 10.6 Å². The minimum Gasteiger partial charge on any atom is -0.493 e. The lowest BCUT2D eigenvalue weighted by molar-refractivity contribution is -0.130. The third kappa shape index (κ3) is 5.55. The van der Waals surface area contributed by atoms with Gasteiger partial charge in [-0.3, -0.25) is 4.79 Å². The quantitative estimate of drug-likeness (QED) is 0.492. The summed E-state index contributed by atoms with van der Waals surface area (Å²) in [7, 11) is 7.25. The summed E-state index contributed by atoms with van der Waals surface area (Å²) in [6, 6.07) is 14.0. The first-order chi connectivity index (χ1) is 14.9. The molecule has 2 aromatic carbocycles. The van der Waals surface area contributed by atoms with Crippen LogP contribution in [0.15, 0.2) is 47.8 Å². The summed E-state index contributed by atoms with van der Waals surface area (Å²) < 4.78 is 10.7. The Kier molecular flexibility index (Phi) is 7.52.